The van der Waals surface area contributed by atoms with Gasteiger partial charge in [0.25, 0.3) is 0 Å². The molecule has 3 rings (SSSR count). The molecule has 3 aromatic rings. The summed E-state index contributed by atoms with van der Waals surface area (Å²) in [6, 6.07) is 7.22. The number of fused-ring (bicyclic) bond motifs is 1. The summed E-state index contributed by atoms with van der Waals surface area (Å²) in [6.07, 6.45) is 1.15. The van der Waals surface area contributed by atoms with Gasteiger partial charge in [0.05, 0.1) is 6.20 Å². The molecule has 6 heteroatoms. The van der Waals surface area contributed by atoms with Crippen LogP contribution >= 0.6 is 15.9 Å². The van der Waals surface area contributed by atoms with E-state index in [1.807, 2.05) is 12.1 Å². The fourth-order valence-electron chi connectivity index (χ4n) is 1.70. The Kier molecular flexibility index (Phi) is 2.45. The van der Waals surface area contributed by atoms with E-state index in [0.29, 0.717) is 11.3 Å². The maximum absolute atomic E-state index is 11.0. The average Bonchev–Trinajstić information content (AvgIpc) is 2.93. The van der Waals surface area contributed by atoms with Crippen LogP contribution < -0.4 is 0 Å². The van der Waals surface area contributed by atoms with Crippen LogP contribution in [0.15, 0.2) is 43.9 Å². The zero-order chi connectivity index (χ0) is 12.7. The molecule has 0 fully saturated rings. The highest BCUT2D eigenvalue weighted by Crippen LogP contribution is 2.31. The van der Waals surface area contributed by atoms with Gasteiger partial charge in [-0.25, -0.2) is 4.79 Å². The summed E-state index contributed by atoms with van der Waals surface area (Å²) < 4.78 is 11.4. The number of furan rings is 1. The third kappa shape index (κ3) is 1.70. The molecule has 0 aliphatic carbocycles. The van der Waals surface area contributed by atoms with Gasteiger partial charge in [0.15, 0.2) is 5.76 Å². The number of halogens is 1. The average molecular weight is 308 g/mol. The van der Waals surface area contributed by atoms with Gasteiger partial charge < -0.3 is 14.0 Å². The topological polar surface area (TPSA) is 76.5 Å². The van der Waals surface area contributed by atoms with Crippen molar-refractivity contribution in [3.8, 4) is 11.5 Å². The quantitative estimate of drug-likeness (QED) is 0.783. The van der Waals surface area contributed by atoms with Crippen molar-refractivity contribution in [2.24, 2.45) is 0 Å². The highest BCUT2D eigenvalue weighted by Gasteiger charge is 2.20. The minimum Gasteiger partial charge on any atom is -0.477 e. The molecule has 90 valence electrons. The van der Waals surface area contributed by atoms with Crippen LogP contribution in [0.5, 0.6) is 0 Å². The number of rotatable bonds is 2. The maximum Gasteiger partial charge on any atom is 0.341 e. The number of hydrogen-bond donors (Lipinski definition) is 1. The molecule has 0 saturated heterocycles. The second kappa shape index (κ2) is 3.99. The summed E-state index contributed by atoms with van der Waals surface area (Å²) >= 11 is 3.36. The van der Waals surface area contributed by atoms with Gasteiger partial charge in [-0.1, -0.05) is 21.1 Å². The predicted octanol–water partition coefficient (Wildman–Crippen LogP) is 3.55. The van der Waals surface area contributed by atoms with Gasteiger partial charge in [-0.15, -0.1) is 0 Å². The van der Waals surface area contributed by atoms with Gasteiger partial charge in [-0.05, 0) is 24.3 Å². The molecular weight excluding hydrogens is 302 g/mol. The van der Waals surface area contributed by atoms with Crippen LogP contribution in [0.2, 0.25) is 0 Å². The minimum absolute atomic E-state index is 0.0203. The minimum atomic E-state index is -1.10. The normalized spacial score (nSPS) is 10.9. The van der Waals surface area contributed by atoms with Crippen LogP contribution in [0.3, 0.4) is 0 Å². The molecule has 0 aliphatic heterocycles. The first-order valence-corrected chi connectivity index (χ1v) is 5.82. The molecule has 5 nitrogen and oxygen atoms in total. The van der Waals surface area contributed by atoms with Crippen molar-refractivity contribution in [1.82, 2.24) is 5.16 Å². The number of carboxylic acids is 1. The van der Waals surface area contributed by atoms with Crippen LogP contribution in [0.1, 0.15) is 10.4 Å². The molecule has 2 aromatic heterocycles. The first kappa shape index (κ1) is 11.0. The smallest absolute Gasteiger partial charge is 0.341 e. The largest absolute Gasteiger partial charge is 0.477 e. The van der Waals surface area contributed by atoms with Crippen LogP contribution in [-0.4, -0.2) is 16.2 Å². The second-order valence-corrected chi connectivity index (χ2v) is 4.58. The molecule has 1 N–H and O–H groups in total. The molecule has 0 amide bonds. The Hall–Kier alpha value is -2.08. The molecule has 0 spiro atoms. The Labute approximate surface area is 109 Å². The van der Waals surface area contributed by atoms with Crippen molar-refractivity contribution < 1.29 is 18.8 Å². The summed E-state index contributed by atoms with van der Waals surface area (Å²) in [5.41, 5.74) is 0.633. The van der Waals surface area contributed by atoms with E-state index in [4.69, 9.17) is 14.0 Å². The zero-order valence-corrected chi connectivity index (χ0v) is 10.5. The van der Waals surface area contributed by atoms with Crippen molar-refractivity contribution >= 4 is 32.9 Å². The molecule has 0 bridgehead atoms. The van der Waals surface area contributed by atoms with E-state index < -0.39 is 5.97 Å². The van der Waals surface area contributed by atoms with Crippen molar-refractivity contribution in [2.45, 2.75) is 0 Å². The van der Waals surface area contributed by atoms with E-state index in [-0.39, 0.29) is 11.3 Å². The third-order valence-corrected chi connectivity index (χ3v) is 3.00. The van der Waals surface area contributed by atoms with E-state index in [2.05, 4.69) is 21.1 Å². The number of aromatic nitrogens is 1. The second-order valence-electron chi connectivity index (χ2n) is 3.67. The molecule has 0 aliphatic rings. The zero-order valence-electron chi connectivity index (χ0n) is 8.88. The summed E-state index contributed by atoms with van der Waals surface area (Å²) in [4.78, 5) is 11.0. The Balaban J connectivity index is 2.19. The summed E-state index contributed by atoms with van der Waals surface area (Å²) in [5.74, 6) is -0.638. The SMILES string of the molecule is O=C(O)c1cnoc1-c1cc2cc(Br)ccc2o1. The fourth-order valence-corrected chi connectivity index (χ4v) is 2.07. The van der Waals surface area contributed by atoms with Crippen LogP contribution in [0.25, 0.3) is 22.5 Å². The van der Waals surface area contributed by atoms with Gasteiger partial charge in [0.1, 0.15) is 11.1 Å². The summed E-state index contributed by atoms with van der Waals surface area (Å²) in [5, 5.41) is 13.3. The molecule has 2 heterocycles. The highest BCUT2D eigenvalue weighted by atomic mass is 79.9. The van der Waals surface area contributed by atoms with Crippen molar-refractivity contribution in [3.63, 3.8) is 0 Å². The lowest BCUT2D eigenvalue weighted by Gasteiger charge is -1.91. The monoisotopic (exact) mass is 307 g/mol. The van der Waals surface area contributed by atoms with Gasteiger partial charge >= 0.3 is 5.97 Å². The van der Waals surface area contributed by atoms with E-state index >= 15 is 0 Å². The van der Waals surface area contributed by atoms with Gasteiger partial charge in [0, 0.05) is 9.86 Å². The van der Waals surface area contributed by atoms with E-state index in [9.17, 15) is 4.79 Å². The van der Waals surface area contributed by atoms with E-state index in [0.717, 1.165) is 16.1 Å². The molecule has 1 aromatic carbocycles. The maximum atomic E-state index is 11.0. The van der Waals surface area contributed by atoms with Crippen LogP contribution in [0, 0.1) is 0 Å². The number of benzene rings is 1. The molecule has 0 radical (unpaired) electrons. The molecule has 0 unspecified atom stereocenters. The van der Waals surface area contributed by atoms with E-state index in [1.54, 1.807) is 12.1 Å². The first-order valence-electron chi connectivity index (χ1n) is 5.02. The lowest BCUT2D eigenvalue weighted by atomic mass is 10.2. The van der Waals surface area contributed by atoms with Gasteiger partial charge in [-0.3, -0.25) is 0 Å². The van der Waals surface area contributed by atoms with Crippen LogP contribution in [-0.2, 0) is 0 Å². The number of nitrogens with zero attached hydrogens (tertiary/aromatic N) is 1. The number of aromatic carboxylic acids is 1. The van der Waals surface area contributed by atoms with Crippen molar-refractivity contribution in [3.05, 3.63) is 40.5 Å². The predicted molar refractivity (Wildman–Crippen MR) is 66.4 cm³/mol. The standard InChI is InChI=1S/C12H6BrNO4/c13-7-1-2-9-6(3-7)4-10(17-9)11-8(12(15)16)5-14-18-11/h1-5H,(H,15,16). The number of carboxylic acid groups (broad SMARTS) is 1. The van der Waals surface area contributed by atoms with E-state index in [1.165, 1.54) is 0 Å². The molecular formula is C12H6BrNO4. The first-order chi connectivity index (χ1) is 8.65. The summed E-state index contributed by atoms with van der Waals surface area (Å²) in [7, 11) is 0. The van der Waals surface area contributed by atoms with Gasteiger partial charge in [0.2, 0.25) is 5.76 Å². The molecule has 18 heavy (non-hydrogen) atoms. The fraction of sp³-hybridized carbons (Fsp3) is 0. The van der Waals surface area contributed by atoms with Gasteiger partial charge in [-0.2, -0.15) is 0 Å². The Morgan fingerprint density at radius 3 is 2.94 bits per heavy atom. The lowest BCUT2D eigenvalue weighted by Crippen LogP contribution is -1.95. The number of carbonyl (C=O) groups is 1. The highest BCUT2D eigenvalue weighted by molar-refractivity contribution is 9.10. The van der Waals surface area contributed by atoms with Crippen molar-refractivity contribution in [1.29, 1.82) is 0 Å². The Bertz CT molecular complexity index is 743. The van der Waals surface area contributed by atoms with Crippen molar-refractivity contribution in [2.75, 3.05) is 0 Å². The lowest BCUT2D eigenvalue weighted by molar-refractivity contribution is 0.0697. The van der Waals surface area contributed by atoms with Crippen LogP contribution in [0.4, 0.5) is 0 Å². The Morgan fingerprint density at radius 2 is 2.17 bits per heavy atom. The third-order valence-electron chi connectivity index (χ3n) is 2.50. The summed E-state index contributed by atoms with van der Waals surface area (Å²) in [6.45, 7) is 0. The molecule has 0 saturated carbocycles. The number of hydrogen-bond acceptors (Lipinski definition) is 4. The Morgan fingerprint density at radius 1 is 1.33 bits per heavy atom. The molecule has 0 atom stereocenters.